The number of alkyl halides is 3. The van der Waals surface area contributed by atoms with Gasteiger partial charge in [0.2, 0.25) is 11.6 Å². The van der Waals surface area contributed by atoms with E-state index in [1.807, 2.05) is 0 Å². The second kappa shape index (κ2) is 12.5. The molecular formula is C26H33F3N7O7P. The van der Waals surface area contributed by atoms with Gasteiger partial charge in [0, 0.05) is 6.04 Å². The maximum atomic E-state index is 16.2. The fourth-order valence-corrected chi connectivity index (χ4v) is 6.06. The fraction of sp³-hybridized carbons (Fsp3) is 0.538. The Kier molecular flexibility index (Phi) is 9.05. The molecular weight excluding hydrogens is 610 g/mol. The first-order valence-electron chi connectivity index (χ1n) is 13.9. The normalized spacial score (nSPS) is 25.7. The van der Waals surface area contributed by atoms with E-state index in [4.69, 9.17) is 24.3 Å². The van der Waals surface area contributed by atoms with Crippen molar-refractivity contribution in [1.82, 2.24) is 24.6 Å². The Labute approximate surface area is 250 Å². The van der Waals surface area contributed by atoms with Gasteiger partial charge in [-0.1, -0.05) is 18.2 Å². The van der Waals surface area contributed by atoms with Gasteiger partial charge < -0.3 is 30.2 Å². The van der Waals surface area contributed by atoms with Crippen molar-refractivity contribution in [3.63, 3.8) is 0 Å². The maximum absolute atomic E-state index is 16.2. The summed E-state index contributed by atoms with van der Waals surface area (Å²) in [7, 11) is -4.50. The molecule has 1 aliphatic heterocycles. The van der Waals surface area contributed by atoms with E-state index in [1.165, 1.54) is 19.1 Å². The molecule has 0 spiro atoms. The summed E-state index contributed by atoms with van der Waals surface area (Å²) in [4.78, 5) is 24.7. The molecule has 1 unspecified atom stereocenters. The Bertz CT molecular complexity index is 1530. The Morgan fingerprint density at radius 2 is 1.95 bits per heavy atom. The van der Waals surface area contributed by atoms with Crippen molar-refractivity contribution < 1.29 is 46.2 Å². The van der Waals surface area contributed by atoms with Gasteiger partial charge in [-0.15, -0.1) is 0 Å². The van der Waals surface area contributed by atoms with Gasteiger partial charge in [-0.25, -0.2) is 22.7 Å². The van der Waals surface area contributed by atoms with Gasteiger partial charge in [0.15, 0.2) is 23.2 Å². The highest BCUT2D eigenvalue weighted by Crippen LogP contribution is 2.50. The number of aliphatic hydroxyl groups is 1. The summed E-state index contributed by atoms with van der Waals surface area (Å²) < 4.78 is 81.3. The van der Waals surface area contributed by atoms with Gasteiger partial charge in [-0.2, -0.15) is 15.1 Å². The summed E-state index contributed by atoms with van der Waals surface area (Å²) in [6.45, 7) is 3.70. The number of hydrogen-bond acceptors (Lipinski definition) is 12. The van der Waals surface area contributed by atoms with E-state index in [0.717, 1.165) is 23.7 Å². The molecule has 2 aromatic heterocycles. The number of nitrogen functional groups attached to an aromatic ring is 1. The Balaban J connectivity index is 1.41. The molecule has 1 aliphatic carbocycles. The molecule has 2 fully saturated rings. The third-order valence-electron chi connectivity index (χ3n) is 6.87. The third-order valence-corrected chi connectivity index (χ3v) is 8.51. The summed E-state index contributed by atoms with van der Waals surface area (Å²) in [6.07, 6.45) is -7.83. The highest BCUT2D eigenvalue weighted by molar-refractivity contribution is 7.52. The first-order valence-corrected chi connectivity index (χ1v) is 15.4. The molecule has 5 N–H and O–H groups in total. The number of aliphatic hydroxyl groups excluding tert-OH is 1. The second-order valence-electron chi connectivity index (χ2n) is 10.8. The second-order valence-corrected chi connectivity index (χ2v) is 12.5. The summed E-state index contributed by atoms with van der Waals surface area (Å²) in [5, 5.41) is 16.4. The molecule has 18 heteroatoms. The molecule has 0 amide bonds. The molecule has 2 aliphatic rings. The molecule has 44 heavy (non-hydrogen) atoms. The average molecular weight is 644 g/mol. The van der Waals surface area contributed by atoms with Crippen LogP contribution in [0.25, 0.3) is 11.2 Å². The van der Waals surface area contributed by atoms with Crippen molar-refractivity contribution in [2.45, 2.75) is 82.3 Å². The van der Waals surface area contributed by atoms with E-state index in [0.29, 0.717) is 0 Å². The zero-order valence-electron chi connectivity index (χ0n) is 24.0. The molecule has 240 valence electrons. The van der Waals surface area contributed by atoms with E-state index in [9.17, 15) is 23.2 Å². The number of esters is 1. The summed E-state index contributed by atoms with van der Waals surface area (Å²) in [5.74, 6) is -0.688. The van der Waals surface area contributed by atoms with E-state index in [-0.39, 0.29) is 34.7 Å². The Morgan fingerprint density at radius 3 is 2.59 bits per heavy atom. The van der Waals surface area contributed by atoms with Crippen LogP contribution in [0, 0.1) is 0 Å². The van der Waals surface area contributed by atoms with E-state index in [1.54, 1.807) is 32.0 Å². The van der Waals surface area contributed by atoms with Gasteiger partial charge in [-0.05, 0) is 45.7 Å². The lowest BCUT2D eigenvalue weighted by molar-refractivity contribution is -0.149. The average Bonchev–Trinajstić information content (AvgIpc) is 3.61. The lowest BCUT2D eigenvalue weighted by Gasteiger charge is -2.28. The van der Waals surface area contributed by atoms with E-state index >= 15 is 4.39 Å². The minimum absolute atomic E-state index is 0.0729. The van der Waals surface area contributed by atoms with Crippen LogP contribution in [0.5, 0.6) is 5.75 Å². The van der Waals surface area contributed by atoms with Crippen LogP contribution >= 0.6 is 7.75 Å². The molecule has 1 aromatic carbocycles. The number of nitrogens with one attached hydrogen (secondary N) is 2. The molecule has 0 radical (unpaired) electrons. The quantitative estimate of drug-likeness (QED) is 0.157. The number of halogens is 3. The third kappa shape index (κ3) is 6.61. The molecule has 5 rings (SSSR count). The molecule has 1 saturated carbocycles. The van der Waals surface area contributed by atoms with Crippen molar-refractivity contribution in [2.24, 2.45) is 0 Å². The molecule has 1 saturated heterocycles. The number of benzene rings is 1. The number of carbonyl (C=O) groups excluding carboxylic acids is 1. The summed E-state index contributed by atoms with van der Waals surface area (Å²) in [6, 6.07) is 6.67. The fourth-order valence-electron chi connectivity index (χ4n) is 4.55. The number of carbonyl (C=O) groups is 1. The highest BCUT2D eigenvalue weighted by atomic mass is 31.2. The van der Waals surface area contributed by atoms with Crippen molar-refractivity contribution in [1.29, 1.82) is 0 Å². The lowest BCUT2D eigenvalue weighted by Crippen LogP contribution is -2.49. The van der Waals surface area contributed by atoms with E-state index < -0.39 is 63.0 Å². The van der Waals surface area contributed by atoms with Gasteiger partial charge in [0.1, 0.15) is 24.0 Å². The SMILES string of the molecule is CC(C)OC(=O)C(C)N[P@](=O)(OC[C@H]1O[C@@H](n2cnc3c(NC4CC4)nc(N)nc32)[C@@](F)(C(F)F)[C@@H]1O)Oc1ccccc1. The number of aromatic nitrogens is 4. The lowest BCUT2D eigenvalue weighted by atomic mass is 9.96. The van der Waals surface area contributed by atoms with Gasteiger partial charge in [0.25, 0.3) is 6.43 Å². The van der Waals surface area contributed by atoms with Crippen LogP contribution < -0.4 is 20.7 Å². The molecule has 0 bridgehead atoms. The number of rotatable bonds is 13. The highest BCUT2D eigenvalue weighted by Gasteiger charge is 2.64. The molecule has 3 aromatic rings. The van der Waals surface area contributed by atoms with Crippen molar-refractivity contribution >= 4 is 36.6 Å². The monoisotopic (exact) mass is 643 g/mol. The molecule has 3 heterocycles. The minimum atomic E-state index is -4.50. The number of hydrogen-bond donors (Lipinski definition) is 4. The smallest absolute Gasteiger partial charge is 0.459 e. The van der Waals surface area contributed by atoms with Crippen molar-refractivity contribution in [3.8, 4) is 5.75 Å². The number of nitrogens with two attached hydrogens (primary N) is 1. The first-order chi connectivity index (χ1) is 20.8. The van der Waals surface area contributed by atoms with Crippen LogP contribution in [0.1, 0.15) is 39.8 Å². The van der Waals surface area contributed by atoms with Crippen molar-refractivity contribution in [2.75, 3.05) is 17.7 Å². The van der Waals surface area contributed by atoms with Crippen LogP contribution in [0.15, 0.2) is 36.7 Å². The van der Waals surface area contributed by atoms with Crippen LogP contribution in [-0.4, -0.2) is 79.7 Å². The van der Waals surface area contributed by atoms with Crippen LogP contribution in [0.2, 0.25) is 0 Å². The summed E-state index contributed by atoms with van der Waals surface area (Å²) >= 11 is 0. The number of para-hydroxylation sites is 1. The number of fused-ring (bicyclic) bond motifs is 1. The Hall–Kier alpha value is -3.50. The van der Waals surface area contributed by atoms with E-state index in [2.05, 4.69) is 25.4 Å². The number of anilines is 2. The first kappa shape index (κ1) is 31.9. The van der Waals surface area contributed by atoms with Gasteiger partial charge >= 0.3 is 13.7 Å². The standard InChI is InChI=1S/C26H33F3N7O7P/c1-13(2)41-22(38)14(3)35-44(39,43-16-7-5-4-6-8-16)40-11-17-19(37)26(29,23(27)28)24(42-17)36-12-31-18-20(32-15-9-10-15)33-25(30)34-21(18)36/h4-8,12-15,17,19,23-24,37H,9-11H2,1-3H3,(H,35,39)(H3,30,32,33,34)/t14?,17-,19-,24-,26+,44+/m1/s1. The largest absolute Gasteiger partial charge is 0.462 e. The van der Waals surface area contributed by atoms with Crippen LogP contribution in [-0.2, 0) is 23.4 Å². The number of imidazole rings is 1. The van der Waals surface area contributed by atoms with Gasteiger partial charge in [0.05, 0.1) is 19.0 Å². The Morgan fingerprint density at radius 1 is 1.25 bits per heavy atom. The number of ether oxygens (including phenoxy) is 2. The topological polar surface area (TPSA) is 185 Å². The van der Waals surface area contributed by atoms with Gasteiger partial charge in [-0.3, -0.25) is 13.9 Å². The van der Waals surface area contributed by atoms with Crippen LogP contribution in [0.3, 0.4) is 0 Å². The van der Waals surface area contributed by atoms with Crippen LogP contribution in [0.4, 0.5) is 24.9 Å². The molecule has 14 nitrogen and oxygen atoms in total. The zero-order valence-corrected chi connectivity index (χ0v) is 24.9. The minimum Gasteiger partial charge on any atom is -0.462 e. The predicted octanol–water partition coefficient (Wildman–Crippen LogP) is 3.35. The maximum Gasteiger partial charge on any atom is 0.459 e. The zero-order chi connectivity index (χ0) is 31.8. The molecule has 6 atom stereocenters. The summed E-state index contributed by atoms with van der Waals surface area (Å²) in [5.41, 5.74) is 2.17. The predicted molar refractivity (Wildman–Crippen MR) is 151 cm³/mol. The number of nitrogens with zero attached hydrogens (tertiary/aromatic N) is 4. The van der Waals surface area contributed by atoms with Crippen molar-refractivity contribution in [3.05, 3.63) is 36.7 Å².